The number of amides is 2. The molecule has 0 bridgehead atoms. The minimum atomic E-state index is -3.80. The Bertz CT molecular complexity index is 1070. The maximum absolute atomic E-state index is 13.3. The summed E-state index contributed by atoms with van der Waals surface area (Å²) in [7, 11) is -2.36. The van der Waals surface area contributed by atoms with Crippen LogP contribution in [0.3, 0.4) is 0 Å². The molecule has 1 aliphatic rings. The number of aryl methyl sites for hydroxylation is 1. The number of rotatable bonds is 6. The number of nitrogens with zero attached hydrogens (tertiary/aromatic N) is 1. The zero-order valence-electron chi connectivity index (χ0n) is 17.8. The van der Waals surface area contributed by atoms with Crippen molar-refractivity contribution in [3.8, 4) is 5.75 Å². The Morgan fingerprint density at radius 1 is 1.06 bits per heavy atom. The molecule has 2 aromatic rings. The van der Waals surface area contributed by atoms with Crippen molar-refractivity contribution in [1.29, 1.82) is 0 Å². The third kappa shape index (κ3) is 5.42. The van der Waals surface area contributed by atoms with Gasteiger partial charge in [0.15, 0.2) is 0 Å². The van der Waals surface area contributed by atoms with Crippen molar-refractivity contribution in [2.45, 2.75) is 31.6 Å². The largest absolute Gasteiger partial charge is 0.495 e. The molecule has 1 aliphatic heterocycles. The number of hydrogen-bond donors (Lipinski definition) is 2. The summed E-state index contributed by atoms with van der Waals surface area (Å²) in [6, 6.07) is 11.8. The third-order valence-corrected chi connectivity index (χ3v) is 7.05. The van der Waals surface area contributed by atoms with Gasteiger partial charge in [-0.3, -0.25) is 9.59 Å². The number of sulfonamides is 1. The highest BCUT2D eigenvalue weighted by Gasteiger charge is 2.35. The number of carbonyl (C=O) groups excluding carboxylic acids is 2. The summed E-state index contributed by atoms with van der Waals surface area (Å²) in [5, 5.41) is 5.50. The number of hydrogen-bond acceptors (Lipinski definition) is 5. The van der Waals surface area contributed by atoms with E-state index in [1.807, 2.05) is 6.92 Å². The standard InChI is InChI=1S/C22H27N3O5S/c1-15-6-11-20(30-3)21(13-15)31(28,29)25-12-4-5-17(14-25)22(27)24-19-9-7-18(8-10-19)23-16(2)26/h6-11,13,17H,4-5,12,14H2,1-3H3,(H,23,26)(H,24,27)/t17-/m1/s1. The van der Waals surface area contributed by atoms with Crippen LogP contribution < -0.4 is 15.4 Å². The normalized spacial score (nSPS) is 17.1. The quantitative estimate of drug-likeness (QED) is 0.711. The number of methoxy groups -OCH3 is 1. The molecule has 0 spiro atoms. The van der Waals surface area contributed by atoms with Crippen molar-refractivity contribution in [3.63, 3.8) is 0 Å². The second kappa shape index (κ2) is 9.49. The van der Waals surface area contributed by atoms with Gasteiger partial charge in [0.05, 0.1) is 13.0 Å². The molecule has 1 fully saturated rings. The topological polar surface area (TPSA) is 105 Å². The molecule has 3 rings (SSSR count). The van der Waals surface area contributed by atoms with Gasteiger partial charge in [-0.2, -0.15) is 4.31 Å². The van der Waals surface area contributed by atoms with Crippen molar-refractivity contribution in [1.82, 2.24) is 4.31 Å². The summed E-state index contributed by atoms with van der Waals surface area (Å²) in [5.41, 5.74) is 2.03. The average molecular weight is 446 g/mol. The number of nitrogens with one attached hydrogen (secondary N) is 2. The lowest BCUT2D eigenvalue weighted by Gasteiger charge is -2.31. The van der Waals surface area contributed by atoms with Crippen LogP contribution in [0.5, 0.6) is 5.75 Å². The smallest absolute Gasteiger partial charge is 0.246 e. The van der Waals surface area contributed by atoms with Crippen molar-refractivity contribution >= 4 is 33.2 Å². The number of carbonyl (C=O) groups is 2. The van der Waals surface area contributed by atoms with E-state index in [4.69, 9.17) is 4.74 Å². The zero-order chi connectivity index (χ0) is 22.6. The van der Waals surface area contributed by atoms with E-state index in [-0.39, 0.29) is 29.0 Å². The average Bonchev–Trinajstić information content (AvgIpc) is 2.74. The van der Waals surface area contributed by atoms with Crippen molar-refractivity contribution in [2.24, 2.45) is 5.92 Å². The number of ether oxygens (including phenoxy) is 1. The molecule has 166 valence electrons. The Labute approximate surface area is 182 Å². The predicted molar refractivity (Wildman–Crippen MR) is 119 cm³/mol. The van der Waals surface area contributed by atoms with Crippen LogP contribution in [0.25, 0.3) is 0 Å². The van der Waals surface area contributed by atoms with Crippen LogP contribution in [-0.2, 0) is 19.6 Å². The van der Waals surface area contributed by atoms with E-state index < -0.39 is 15.9 Å². The molecule has 1 heterocycles. The lowest BCUT2D eigenvalue weighted by molar-refractivity contribution is -0.121. The van der Waals surface area contributed by atoms with Crippen molar-refractivity contribution < 1.29 is 22.7 Å². The molecule has 0 radical (unpaired) electrons. The Morgan fingerprint density at radius 3 is 2.32 bits per heavy atom. The number of benzene rings is 2. The van der Waals surface area contributed by atoms with Crippen LogP contribution in [0.4, 0.5) is 11.4 Å². The van der Waals surface area contributed by atoms with Crippen LogP contribution >= 0.6 is 0 Å². The minimum Gasteiger partial charge on any atom is -0.495 e. The Hall–Kier alpha value is -2.91. The highest BCUT2D eigenvalue weighted by atomic mass is 32.2. The number of piperidine rings is 1. The molecular formula is C22H27N3O5S. The molecule has 8 nitrogen and oxygen atoms in total. The van der Waals surface area contributed by atoms with E-state index in [0.717, 1.165) is 5.56 Å². The van der Waals surface area contributed by atoms with E-state index in [0.29, 0.717) is 30.8 Å². The first-order valence-corrected chi connectivity index (χ1v) is 11.5. The molecule has 0 aliphatic carbocycles. The van der Waals surface area contributed by atoms with Crippen LogP contribution in [0.1, 0.15) is 25.3 Å². The molecule has 9 heteroatoms. The summed E-state index contributed by atoms with van der Waals surface area (Å²) in [5.74, 6) is -0.584. The first-order valence-electron chi connectivity index (χ1n) is 10.0. The highest BCUT2D eigenvalue weighted by Crippen LogP contribution is 2.31. The van der Waals surface area contributed by atoms with Gasteiger partial charge in [0, 0.05) is 31.4 Å². The van der Waals surface area contributed by atoms with Gasteiger partial charge in [0.2, 0.25) is 21.8 Å². The van der Waals surface area contributed by atoms with Crippen LogP contribution in [0, 0.1) is 12.8 Å². The van der Waals surface area contributed by atoms with E-state index >= 15 is 0 Å². The van der Waals surface area contributed by atoms with E-state index in [1.54, 1.807) is 42.5 Å². The van der Waals surface area contributed by atoms with Gasteiger partial charge in [0.1, 0.15) is 10.6 Å². The summed E-state index contributed by atoms with van der Waals surface area (Å²) in [6.45, 7) is 3.71. The van der Waals surface area contributed by atoms with Gasteiger partial charge >= 0.3 is 0 Å². The first-order chi connectivity index (χ1) is 14.7. The summed E-state index contributed by atoms with van der Waals surface area (Å²) < 4.78 is 33.1. The van der Waals surface area contributed by atoms with Crippen molar-refractivity contribution in [2.75, 3.05) is 30.8 Å². The van der Waals surface area contributed by atoms with Gasteiger partial charge in [0.25, 0.3) is 0 Å². The molecule has 2 N–H and O–H groups in total. The van der Waals surface area contributed by atoms with Crippen LogP contribution in [0.2, 0.25) is 0 Å². The molecule has 2 amide bonds. The Kier molecular flexibility index (Phi) is 6.97. The van der Waals surface area contributed by atoms with Gasteiger partial charge < -0.3 is 15.4 Å². The molecule has 0 unspecified atom stereocenters. The van der Waals surface area contributed by atoms with E-state index in [1.165, 1.54) is 18.3 Å². The summed E-state index contributed by atoms with van der Waals surface area (Å²) >= 11 is 0. The predicted octanol–water partition coefficient (Wildman–Crippen LogP) is 3.00. The molecule has 2 aromatic carbocycles. The lowest BCUT2D eigenvalue weighted by Crippen LogP contribution is -2.43. The number of anilines is 2. The van der Waals surface area contributed by atoms with Crippen LogP contribution in [-0.4, -0.2) is 44.7 Å². The summed E-state index contributed by atoms with van der Waals surface area (Å²) in [6.07, 6.45) is 1.19. The van der Waals surface area contributed by atoms with Crippen molar-refractivity contribution in [3.05, 3.63) is 48.0 Å². The second-order valence-electron chi connectivity index (χ2n) is 7.60. The second-order valence-corrected chi connectivity index (χ2v) is 9.51. The SMILES string of the molecule is COc1ccc(C)cc1S(=O)(=O)N1CCC[C@@H](C(=O)Nc2ccc(NC(C)=O)cc2)C1. The molecule has 0 saturated carbocycles. The lowest BCUT2D eigenvalue weighted by atomic mass is 9.98. The van der Waals surface area contributed by atoms with E-state index in [2.05, 4.69) is 10.6 Å². The Balaban J connectivity index is 1.72. The first kappa shape index (κ1) is 22.8. The third-order valence-electron chi connectivity index (χ3n) is 5.16. The maximum atomic E-state index is 13.3. The zero-order valence-corrected chi connectivity index (χ0v) is 18.7. The van der Waals surface area contributed by atoms with Crippen LogP contribution in [0.15, 0.2) is 47.4 Å². The fraction of sp³-hybridized carbons (Fsp3) is 0.364. The fourth-order valence-electron chi connectivity index (χ4n) is 3.58. The summed E-state index contributed by atoms with van der Waals surface area (Å²) in [4.78, 5) is 24.0. The highest BCUT2D eigenvalue weighted by molar-refractivity contribution is 7.89. The Morgan fingerprint density at radius 2 is 1.71 bits per heavy atom. The van der Waals surface area contributed by atoms with E-state index in [9.17, 15) is 18.0 Å². The maximum Gasteiger partial charge on any atom is 0.246 e. The minimum absolute atomic E-state index is 0.106. The molecule has 1 atom stereocenters. The monoisotopic (exact) mass is 445 g/mol. The molecule has 31 heavy (non-hydrogen) atoms. The van der Waals surface area contributed by atoms with Gasteiger partial charge in [-0.25, -0.2) is 8.42 Å². The molecule has 0 aromatic heterocycles. The molecular weight excluding hydrogens is 418 g/mol. The van der Waals surface area contributed by atoms with Gasteiger partial charge in [-0.05, 0) is 61.7 Å². The van der Waals surface area contributed by atoms with Gasteiger partial charge in [-0.15, -0.1) is 0 Å². The van der Waals surface area contributed by atoms with Gasteiger partial charge in [-0.1, -0.05) is 6.07 Å². The fourth-order valence-corrected chi connectivity index (χ4v) is 5.35. The molecule has 1 saturated heterocycles.